The Hall–Kier alpha value is -2.67. The third-order valence-electron chi connectivity index (χ3n) is 4.98. The Morgan fingerprint density at radius 3 is 2.63 bits per heavy atom. The van der Waals surface area contributed by atoms with Gasteiger partial charge in [0, 0.05) is 24.0 Å². The molecule has 2 heterocycles. The van der Waals surface area contributed by atoms with Crippen molar-refractivity contribution in [2.24, 2.45) is 0 Å². The van der Waals surface area contributed by atoms with Crippen molar-refractivity contribution < 1.29 is 9.53 Å². The van der Waals surface area contributed by atoms with Crippen LogP contribution in [0.5, 0.6) is 0 Å². The molecule has 0 aliphatic carbocycles. The number of rotatable bonds is 6. The van der Waals surface area contributed by atoms with E-state index in [0.29, 0.717) is 5.65 Å². The van der Waals surface area contributed by atoms with Gasteiger partial charge in [-0.1, -0.05) is 30.7 Å². The summed E-state index contributed by atoms with van der Waals surface area (Å²) in [5, 5.41) is 5.79. The van der Waals surface area contributed by atoms with E-state index in [-0.39, 0.29) is 24.5 Å². The molecule has 3 aromatic rings. The zero-order valence-corrected chi connectivity index (χ0v) is 16.5. The van der Waals surface area contributed by atoms with Crippen molar-refractivity contribution in [1.82, 2.24) is 19.7 Å². The fraction of sp³-hybridized carbons (Fsp3) is 0.368. The van der Waals surface area contributed by atoms with Gasteiger partial charge in [-0.05, 0) is 24.6 Å². The fourth-order valence-electron chi connectivity index (χ4n) is 3.04. The van der Waals surface area contributed by atoms with Crippen LogP contribution >= 0.6 is 11.6 Å². The molecule has 0 aliphatic heterocycles. The molecule has 0 spiro atoms. The lowest BCUT2D eigenvalue weighted by Gasteiger charge is -2.31. The highest BCUT2D eigenvalue weighted by atomic mass is 35.5. The van der Waals surface area contributed by atoms with Crippen LogP contribution in [0.3, 0.4) is 0 Å². The molecule has 0 bridgehead atoms. The zero-order valence-electron chi connectivity index (χ0n) is 15.8. The molecular formula is C19H22ClN5O2. The van der Waals surface area contributed by atoms with Crippen LogP contribution in [0.4, 0.5) is 5.82 Å². The van der Waals surface area contributed by atoms with Gasteiger partial charge in [-0.15, -0.1) is 0 Å². The first kappa shape index (κ1) is 19.1. The van der Waals surface area contributed by atoms with Gasteiger partial charge in [0.25, 0.3) is 0 Å². The van der Waals surface area contributed by atoms with Crippen LogP contribution in [-0.4, -0.2) is 45.9 Å². The van der Waals surface area contributed by atoms with Crippen LogP contribution in [0.25, 0.3) is 11.0 Å². The molecule has 0 amide bonds. The van der Waals surface area contributed by atoms with E-state index >= 15 is 0 Å². The molecule has 27 heavy (non-hydrogen) atoms. The van der Waals surface area contributed by atoms with E-state index in [2.05, 4.69) is 33.8 Å². The number of anilines is 1. The Bertz CT molecular complexity index is 941. The minimum atomic E-state index is -0.377. The second kappa shape index (κ2) is 7.92. The normalized spacial score (nSPS) is 13.4. The van der Waals surface area contributed by atoms with E-state index in [9.17, 15) is 4.79 Å². The van der Waals surface area contributed by atoms with Crippen LogP contribution in [-0.2, 0) is 16.1 Å². The SMILES string of the molecule is COC(=O)Cn1ncc2c(N(C)[C@H](C)[C@@H](C)c3ccc(Cl)cc3)ncnc21. The maximum atomic E-state index is 11.6. The van der Waals surface area contributed by atoms with Gasteiger partial charge in [0.2, 0.25) is 0 Å². The fourth-order valence-corrected chi connectivity index (χ4v) is 3.16. The number of carbonyl (C=O) groups excluding carboxylic acids is 1. The Morgan fingerprint density at radius 2 is 1.96 bits per heavy atom. The van der Waals surface area contributed by atoms with E-state index in [1.165, 1.54) is 23.7 Å². The minimum Gasteiger partial charge on any atom is -0.468 e. The molecule has 0 saturated carbocycles. The molecule has 0 unspecified atom stereocenters. The highest BCUT2D eigenvalue weighted by Crippen LogP contribution is 2.29. The Balaban J connectivity index is 1.89. The molecular weight excluding hydrogens is 366 g/mol. The molecule has 142 valence electrons. The summed E-state index contributed by atoms with van der Waals surface area (Å²) >= 11 is 6.00. The highest BCUT2D eigenvalue weighted by molar-refractivity contribution is 6.30. The number of ether oxygens (including phenoxy) is 1. The lowest BCUT2D eigenvalue weighted by atomic mass is 9.93. The number of halogens is 1. The van der Waals surface area contributed by atoms with Crippen LogP contribution in [0, 0.1) is 0 Å². The van der Waals surface area contributed by atoms with Crippen molar-refractivity contribution in [3.63, 3.8) is 0 Å². The monoisotopic (exact) mass is 387 g/mol. The number of methoxy groups -OCH3 is 1. The summed E-state index contributed by atoms with van der Waals surface area (Å²) in [6.07, 6.45) is 3.17. The maximum Gasteiger partial charge on any atom is 0.327 e. The number of esters is 1. The number of aromatic nitrogens is 4. The summed E-state index contributed by atoms with van der Waals surface area (Å²) in [4.78, 5) is 22.4. The number of nitrogens with zero attached hydrogens (tertiary/aromatic N) is 5. The molecule has 0 N–H and O–H groups in total. The molecule has 3 rings (SSSR count). The number of hydrogen-bond acceptors (Lipinski definition) is 6. The van der Waals surface area contributed by atoms with E-state index in [0.717, 1.165) is 16.2 Å². The topological polar surface area (TPSA) is 73.1 Å². The third-order valence-corrected chi connectivity index (χ3v) is 5.24. The van der Waals surface area contributed by atoms with Crippen LogP contribution in [0.15, 0.2) is 36.8 Å². The average molecular weight is 388 g/mol. The number of hydrogen-bond donors (Lipinski definition) is 0. The summed E-state index contributed by atoms with van der Waals surface area (Å²) < 4.78 is 6.24. The van der Waals surface area contributed by atoms with Crippen molar-refractivity contribution in [1.29, 1.82) is 0 Å². The summed E-state index contributed by atoms with van der Waals surface area (Å²) in [6, 6.07) is 8.05. The van der Waals surface area contributed by atoms with Crippen molar-refractivity contribution >= 4 is 34.4 Å². The van der Waals surface area contributed by atoms with Gasteiger partial charge >= 0.3 is 5.97 Å². The van der Waals surface area contributed by atoms with Gasteiger partial charge in [-0.3, -0.25) is 4.79 Å². The van der Waals surface area contributed by atoms with E-state index in [1.807, 2.05) is 31.3 Å². The first-order valence-electron chi connectivity index (χ1n) is 8.64. The zero-order chi connectivity index (χ0) is 19.6. The quantitative estimate of drug-likeness (QED) is 0.604. The summed E-state index contributed by atoms with van der Waals surface area (Å²) in [6.45, 7) is 4.33. The van der Waals surface area contributed by atoms with Crippen LogP contribution in [0.2, 0.25) is 5.02 Å². The van der Waals surface area contributed by atoms with Gasteiger partial charge in [-0.25, -0.2) is 14.6 Å². The van der Waals surface area contributed by atoms with Crippen molar-refractivity contribution in [3.8, 4) is 0 Å². The average Bonchev–Trinajstić information content (AvgIpc) is 3.09. The molecule has 8 heteroatoms. The molecule has 0 saturated heterocycles. The lowest BCUT2D eigenvalue weighted by Crippen LogP contribution is -2.34. The summed E-state index contributed by atoms with van der Waals surface area (Å²) in [5.41, 5.74) is 1.80. The predicted octanol–water partition coefficient (Wildman–Crippen LogP) is 3.28. The second-order valence-electron chi connectivity index (χ2n) is 6.50. The van der Waals surface area contributed by atoms with Crippen LogP contribution < -0.4 is 4.90 Å². The first-order valence-corrected chi connectivity index (χ1v) is 9.01. The number of benzene rings is 1. The summed E-state index contributed by atoms with van der Waals surface area (Å²) in [5.74, 6) is 0.644. The standard InChI is InChI=1S/C19H22ClN5O2/c1-12(14-5-7-15(20)8-6-14)13(2)24(3)18-16-9-23-25(10-17(26)27-4)19(16)22-11-21-18/h5-9,11-13H,10H2,1-4H3/t12-,13-/m1/s1. The van der Waals surface area contributed by atoms with Gasteiger partial charge < -0.3 is 9.64 Å². The molecule has 0 radical (unpaired) electrons. The van der Waals surface area contributed by atoms with E-state index in [4.69, 9.17) is 16.3 Å². The molecule has 1 aromatic carbocycles. The van der Waals surface area contributed by atoms with Crippen molar-refractivity contribution in [2.45, 2.75) is 32.4 Å². The Morgan fingerprint density at radius 1 is 1.26 bits per heavy atom. The second-order valence-corrected chi connectivity index (χ2v) is 6.94. The summed E-state index contributed by atoms with van der Waals surface area (Å²) in [7, 11) is 3.35. The van der Waals surface area contributed by atoms with Crippen LogP contribution in [0.1, 0.15) is 25.3 Å². The molecule has 0 aliphatic rings. The highest BCUT2D eigenvalue weighted by Gasteiger charge is 2.23. The van der Waals surface area contributed by atoms with Gasteiger partial charge in [-0.2, -0.15) is 5.10 Å². The Labute approximate surface area is 162 Å². The van der Waals surface area contributed by atoms with E-state index < -0.39 is 0 Å². The molecule has 0 fully saturated rings. The Kier molecular flexibility index (Phi) is 5.60. The van der Waals surface area contributed by atoms with Crippen molar-refractivity contribution in [2.75, 3.05) is 19.1 Å². The van der Waals surface area contributed by atoms with Crippen molar-refractivity contribution in [3.05, 3.63) is 47.4 Å². The predicted molar refractivity (Wildman–Crippen MR) is 105 cm³/mol. The lowest BCUT2D eigenvalue weighted by molar-refractivity contribution is -0.141. The van der Waals surface area contributed by atoms with Gasteiger partial charge in [0.05, 0.1) is 18.7 Å². The maximum absolute atomic E-state index is 11.6. The third kappa shape index (κ3) is 3.88. The molecule has 2 aromatic heterocycles. The first-order chi connectivity index (χ1) is 12.9. The molecule has 2 atom stereocenters. The van der Waals surface area contributed by atoms with E-state index in [1.54, 1.807) is 6.20 Å². The van der Waals surface area contributed by atoms with Gasteiger partial charge in [0.1, 0.15) is 18.7 Å². The number of fused-ring (bicyclic) bond motifs is 1. The largest absolute Gasteiger partial charge is 0.468 e. The van der Waals surface area contributed by atoms with Gasteiger partial charge in [0.15, 0.2) is 5.65 Å². The smallest absolute Gasteiger partial charge is 0.327 e. The number of carbonyl (C=O) groups is 1. The molecule has 7 nitrogen and oxygen atoms in total. The minimum absolute atomic E-state index is 0.0108. The number of likely N-dealkylation sites (N-methyl/N-ethyl adjacent to an activating group) is 1.